The van der Waals surface area contributed by atoms with E-state index in [1.54, 1.807) is 24.3 Å². The highest BCUT2D eigenvalue weighted by molar-refractivity contribution is 6.30. The molecule has 0 spiro atoms. The SMILES string of the molecule is O=C1OCc2[nH]c(=O)cc(-c3ccc(Cl)cc3)c21. The lowest BCUT2D eigenvalue weighted by atomic mass is 10.0. The molecule has 5 heteroatoms. The molecule has 18 heavy (non-hydrogen) atoms. The Labute approximate surface area is 107 Å². The van der Waals surface area contributed by atoms with Gasteiger partial charge >= 0.3 is 5.97 Å². The van der Waals surface area contributed by atoms with Crippen LogP contribution in [-0.2, 0) is 11.3 Å². The molecule has 0 radical (unpaired) electrons. The van der Waals surface area contributed by atoms with Gasteiger partial charge in [-0.2, -0.15) is 0 Å². The van der Waals surface area contributed by atoms with Crippen molar-refractivity contribution < 1.29 is 9.53 Å². The predicted octanol–water partition coefficient (Wildman–Crippen LogP) is 2.37. The van der Waals surface area contributed by atoms with Crippen molar-refractivity contribution in [2.45, 2.75) is 6.61 Å². The number of fused-ring (bicyclic) bond motifs is 1. The van der Waals surface area contributed by atoms with E-state index in [0.717, 1.165) is 5.56 Å². The highest BCUT2D eigenvalue weighted by Crippen LogP contribution is 2.29. The van der Waals surface area contributed by atoms with Crippen molar-refractivity contribution >= 4 is 17.6 Å². The lowest BCUT2D eigenvalue weighted by Gasteiger charge is -2.05. The summed E-state index contributed by atoms with van der Waals surface area (Å²) in [6.45, 7) is 0.116. The number of nitrogens with one attached hydrogen (secondary N) is 1. The number of carbonyl (C=O) groups excluding carboxylic acids is 1. The lowest BCUT2D eigenvalue weighted by molar-refractivity contribution is 0.0534. The largest absolute Gasteiger partial charge is 0.456 e. The smallest absolute Gasteiger partial charge is 0.341 e. The molecule has 1 aliphatic rings. The third-order valence-corrected chi connectivity index (χ3v) is 3.08. The normalized spacial score (nSPS) is 13.3. The van der Waals surface area contributed by atoms with Gasteiger partial charge in [-0.3, -0.25) is 4.79 Å². The van der Waals surface area contributed by atoms with Gasteiger partial charge in [0, 0.05) is 16.7 Å². The number of carbonyl (C=O) groups is 1. The Balaban J connectivity index is 2.26. The minimum absolute atomic E-state index is 0.116. The Morgan fingerprint density at radius 2 is 1.89 bits per heavy atom. The van der Waals surface area contributed by atoms with Crippen molar-refractivity contribution in [3.63, 3.8) is 0 Å². The molecule has 0 amide bonds. The number of ether oxygens (including phenoxy) is 1. The maximum absolute atomic E-state index is 11.7. The van der Waals surface area contributed by atoms with Gasteiger partial charge in [0.1, 0.15) is 6.61 Å². The van der Waals surface area contributed by atoms with Crippen LogP contribution >= 0.6 is 11.6 Å². The van der Waals surface area contributed by atoms with Crippen molar-refractivity contribution in [2.75, 3.05) is 0 Å². The van der Waals surface area contributed by atoms with E-state index in [-0.39, 0.29) is 12.2 Å². The molecule has 1 aliphatic heterocycles. The monoisotopic (exact) mass is 261 g/mol. The number of pyridine rings is 1. The van der Waals surface area contributed by atoms with Gasteiger partial charge in [-0.1, -0.05) is 23.7 Å². The van der Waals surface area contributed by atoms with Gasteiger partial charge in [-0.05, 0) is 17.7 Å². The molecule has 0 aliphatic carbocycles. The van der Waals surface area contributed by atoms with Crippen LogP contribution in [0.3, 0.4) is 0 Å². The fraction of sp³-hybridized carbons (Fsp3) is 0.0769. The zero-order valence-corrected chi connectivity index (χ0v) is 9.95. The van der Waals surface area contributed by atoms with E-state index < -0.39 is 5.97 Å². The van der Waals surface area contributed by atoms with Crippen LogP contribution in [0.15, 0.2) is 35.1 Å². The van der Waals surface area contributed by atoms with Crippen LogP contribution in [0.4, 0.5) is 0 Å². The third-order valence-electron chi connectivity index (χ3n) is 2.83. The molecule has 1 aromatic heterocycles. The van der Waals surface area contributed by atoms with E-state index in [1.807, 2.05) is 0 Å². The second-order valence-corrected chi connectivity index (χ2v) is 4.42. The quantitative estimate of drug-likeness (QED) is 0.802. The second kappa shape index (κ2) is 3.99. The molecule has 0 fully saturated rings. The van der Waals surface area contributed by atoms with Crippen molar-refractivity contribution in [3.05, 3.63) is 57.0 Å². The van der Waals surface area contributed by atoms with E-state index in [1.165, 1.54) is 6.07 Å². The molecule has 90 valence electrons. The molecule has 0 bridgehead atoms. The van der Waals surface area contributed by atoms with Gasteiger partial charge in [0.2, 0.25) is 5.56 Å². The number of hydrogen-bond acceptors (Lipinski definition) is 3. The first-order valence-corrected chi connectivity index (χ1v) is 5.72. The number of rotatable bonds is 1. The fourth-order valence-electron chi connectivity index (χ4n) is 2.02. The molecule has 0 unspecified atom stereocenters. The van der Waals surface area contributed by atoms with Crippen molar-refractivity contribution in [1.82, 2.24) is 4.98 Å². The molecular weight excluding hydrogens is 254 g/mol. The van der Waals surface area contributed by atoms with Gasteiger partial charge in [0.25, 0.3) is 0 Å². The summed E-state index contributed by atoms with van der Waals surface area (Å²) >= 11 is 5.82. The molecule has 3 rings (SSSR count). The molecular formula is C13H8ClNO3. The van der Waals surface area contributed by atoms with E-state index in [9.17, 15) is 9.59 Å². The number of esters is 1. The maximum atomic E-state index is 11.7. The van der Waals surface area contributed by atoms with E-state index >= 15 is 0 Å². The van der Waals surface area contributed by atoms with E-state index in [4.69, 9.17) is 16.3 Å². The molecule has 0 saturated heterocycles. The molecule has 2 heterocycles. The second-order valence-electron chi connectivity index (χ2n) is 3.98. The topological polar surface area (TPSA) is 59.2 Å². The molecule has 0 saturated carbocycles. The summed E-state index contributed by atoms with van der Waals surface area (Å²) in [6, 6.07) is 8.36. The first kappa shape index (κ1) is 11.0. The van der Waals surface area contributed by atoms with Crippen LogP contribution < -0.4 is 5.56 Å². The third kappa shape index (κ3) is 1.71. The number of benzene rings is 1. The minimum atomic E-state index is -0.411. The first-order chi connectivity index (χ1) is 8.65. The first-order valence-electron chi connectivity index (χ1n) is 5.34. The molecule has 1 aromatic carbocycles. The highest BCUT2D eigenvalue weighted by atomic mass is 35.5. The van der Waals surface area contributed by atoms with Gasteiger partial charge in [0.15, 0.2) is 0 Å². The summed E-state index contributed by atoms with van der Waals surface area (Å²) in [4.78, 5) is 25.8. The van der Waals surface area contributed by atoms with Gasteiger partial charge < -0.3 is 9.72 Å². The molecule has 1 N–H and O–H groups in total. The Morgan fingerprint density at radius 3 is 2.61 bits per heavy atom. The fourth-order valence-corrected chi connectivity index (χ4v) is 2.15. The van der Waals surface area contributed by atoms with Crippen LogP contribution in [0, 0.1) is 0 Å². The van der Waals surface area contributed by atoms with E-state index in [0.29, 0.717) is 21.8 Å². The number of cyclic esters (lactones) is 1. The summed E-state index contributed by atoms with van der Waals surface area (Å²) in [5.74, 6) is -0.411. The predicted molar refractivity (Wildman–Crippen MR) is 66.6 cm³/mol. The van der Waals surface area contributed by atoms with Gasteiger partial charge in [0.05, 0.1) is 11.3 Å². The molecule has 4 nitrogen and oxygen atoms in total. The Bertz CT molecular complexity index is 688. The minimum Gasteiger partial charge on any atom is -0.456 e. The summed E-state index contributed by atoms with van der Waals surface area (Å²) in [7, 11) is 0. The van der Waals surface area contributed by atoms with E-state index in [2.05, 4.69) is 4.98 Å². The Morgan fingerprint density at radius 1 is 1.17 bits per heavy atom. The van der Waals surface area contributed by atoms with Crippen molar-refractivity contribution in [1.29, 1.82) is 0 Å². The van der Waals surface area contributed by atoms with Crippen LogP contribution in [0.25, 0.3) is 11.1 Å². The zero-order chi connectivity index (χ0) is 12.7. The van der Waals surface area contributed by atoms with Crippen LogP contribution in [0.1, 0.15) is 16.1 Å². The van der Waals surface area contributed by atoms with Crippen LogP contribution in [0.5, 0.6) is 0 Å². The summed E-state index contributed by atoms with van der Waals surface area (Å²) in [5.41, 5.74) is 2.04. The number of hydrogen-bond donors (Lipinski definition) is 1. The number of aromatic amines is 1. The van der Waals surface area contributed by atoms with Gasteiger partial charge in [-0.15, -0.1) is 0 Å². The summed E-state index contributed by atoms with van der Waals surface area (Å²) in [5, 5.41) is 0.600. The molecule has 2 aromatic rings. The highest BCUT2D eigenvalue weighted by Gasteiger charge is 2.26. The maximum Gasteiger partial charge on any atom is 0.341 e. The average molecular weight is 262 g/mol. The summed E-state index contributed by atoms with van der Waals surface area (Å²) < 4.78 is 4.93. The zero-order valence-electron chi connectivity index (χ0n) is 9.20. The standard InChI is InChI=1S/C13H8ClNO3/c14-8-3-1-7(2-4-8)9-5-11(16)15-10-6-18-13(17)12(9)10/h1-5H,6H2,(H,15,16). The van der Waals surface area contributed by atoms with Crippen LogP contribution in [-0.4, -0.2) is 11.0 Å². The molecule has 0 atom stereocenters. The lowest BCUT2D eigenvalue weighted by Crippen LogP contribution is -2.10. The Hall–Kier alpha value is -2.07. The number of aromatic nitrogens is 1. The number of halogens is 1. The van der Waals surface area contributed by atoms with Gasteiger partial charge in [-0.25, -0.2) is 4.79 Å². The average Bonchev–Trinajstić information content (AvgIpc) is 2.71. The summed E-state index contributed by atoms with van der Waals surface area (Å²) in [6.07, 6.45) is 0. The van der Waals surface area contributed by atoms with Crippen molar-refractivity contribution in [3.8, 4) is 11.1 Å². The Kier molecular flexibility index (Phi) is 2.45. The van der Waals surface area contributed by atoms with Crippen molar-refractivity contribution in [2.24, 2.45) is 0 Å². The van der Waals surface area contributed by atoms with Crippen LogP contribution in [0.2, 0.25) is 5.02 Å². The number of H-pyrrole nitrogens is 1.